The standard InChI is InChI=1S/C17H28N6O2/c1-22(2)6-5-19-14(24)10-23-9-13(8-20-23)21-17(25)15-11-3-4-12(7-11)16(15)18/h8-9,11-12,15-16H,3-7,10,18H2,1-2H3,(H,19,24)(H,21,25). The van der Waals surface area contributed by atoms with Crippen molar-refractivity contribution < 1.29 is 9.59 Å². The summed E-state index contributed by atoms with van der Waals surface area (Å²) >= 11 is 0. The van der Waals surface area contributed by atoms with Gasteiger partial charge in [-0.1, -0.05) is 0 Å². The highest BCUT2D eigenvalue weighted by Gasteiger charge is 2.49. The van der Waals surface area contributed by atoms with E-state index >= 15 is 0 Å². The Morgan fingerprint density at radius 2 is 2.12 bits per heavy atom. The molecule has 2 saturated carbocycles. The molecule has 2 amide bonds. The predicted octanol–water partition coefficient (Wildman–Crippen LogP) is -0.127. The number of nitrogens with one attached hydrogen (secondary N) is 2. The average Bonchev–Trinajstić information content (AvgIpc) is 3.23. The van der Waals surface area contributed by atoms with E-state index in [1.807, 2.05) is 19.0 Å². The maximum absolute atomic E-state index is 12.5. The maximum Gasteiger partial charge on any atom is 0.241 e. The molecular formula is C17H28N6O2. The Bertz CT molecular complexity index is 626. The number of nitrogens with zero attached hydrogens (tertiary/aromatic N) is 3. The van der Waals surface area contributed by atoms with Gasteiger partial charge < -0.3 is 21.3 Å². The highest BCUT2D eigenvalue weighted by atomic mass is 16.2. The molecule has 4 unspecified atom stereocenters. The van der Waals surface area contributed by atoms with Gasteiger partial charge in [0.1, 0.15) is 6.54 Å². The Balaban J connectivity index is 1.48. The van der Waals surface area contributed by atoms with Crippen LogP contribution in [0.15, 0.2) is 12.4 Å². The van der Waals surface area contributed by atoms with Gasteiger partial charge in [-0.15, -0.1) is 0 Å². The van der Waals surface area contributed by atoms with Gasteiger partial charge in [-0.3, -0.25) is 14.3 Å². The van der Waals surface area contributed by atoms with Crippen molar-refractivity contribution in [1.29, 1.82) is 0 Å². The Morgan fingerprint density at radius 3 is 2.80 bits per heavy atom. The van der Waals surface area contributed by atoms with Gasteiger partial charge in [0.2, 0.25) is 11.8 Å². The molecule has 8 heteroatoms. The molecule has 1 aromatic rings. The van der Waals surface area contributed by atoms with Crippen LogP contribution >= 0.6 is 0 Å². The Labute approximate surface area is 148 Å². The second-order valence-electron chi connectivity index (χ2n) is 7.51. The molecule has 138 valence electrons. The molecule has 2 bridgehead atoms. The number of amides is 2. The Morgan fingerprint density at radius 1 is 1.36 bits per heavy atom. The van der Waals surface area contributed by atoms with E-state index in [-0.39, 0.29) is 30.3 Å². The van der Waals surface area contributed by atoms with Gasteiger partial charge in [-0.05, 0) is 45.2 Å². The van der Waals surface area contributed by atoms with Crippen LogP contribution in [0.2, 0.25) is 0 Å². The zero-order valence-corrected chi connectivity index (χ0v) is 14.9. The quantitative estimate of drug-likeness (QED) is 0.637. The third kappa shape index (κ3) is 4.19. The van der Waals surface area contributed by atoms with E-state index in [0.29, 0.717) is 24.1 Å². The van der Waals surface area contributed by atoms with E-state index in [4.69, 9.17) is 5.73 Å². The van der Waals surface area contributed by atoms with Crippen LogP contribution in [0.3, 0.4) is 0 Å². The van der Waals surface area contributed by atoms with Crippen LogP contribution in [0.25, 0.3) is 0 Å². The van der Waals surface area contributed by atoms with E-state index in [2.05, 4.69) is 15.7 Å². The minimum atomic E-state index is -0.101. The van der Waals surface area contributed by atoms with Crippen LogP contribution in [0.1, 0.15) is 19.3 Å². The van der Waals surface area contributed by atoms with Crippen molar-refractivity contribution in [1.82, 2.24) is 20.0 Å². The molecule has 0 aromatic carbocycles. The van der Waals surface area contributed by atoms with E-state index in [9.17, 15) is 9.59 Å². The molecule has 0 radical (unpaired) electrons. The first kappa shape index (κ1) is 17.9. The third-order valence-corrected chi connectivity index (χ3v) is 5.37. The molecule has 4 atom stereocenters. The van der Waals surface area contributed by atoms with Gasteiger partial charge in [0.15, 0.2) is 0 Å². The number of rotatable bonds is 7. The number of fused-ring (bicyclic) bond motifs is 2. The molecule has 25 heavy (non-hydrogen) atoms. The van der Waals surface area contributed by atoms with E-state index in [0.717, 1.165) is 25.8 Å². The zero-order chi connectivity index (χ0) is 18.0. The molecule has 0 saturated heterocycles. The number of carbonyl (C=O) groups is 2. The van der Waals surface area contributed by atoms with Crippen molar-refractivity contribution in [2.45, 2.75) is 31.8 Å². The summed E-state index contributed by atoms with van der Waals surface area (Å²) in [5, 5.41) is 9.89. The van der Waals surface area contributed by atoms with Gasteiger partial charge in [-0.25, -0.2) is 0 Å². The number of hydrogen-bond acceptors (Lipinski definition) is 5. The Kier molecular flexibility index (Phi) is 5.39. The van der Waals surface area contributed by atoms with Crippen LogP contribution in [-0.2, 0) is 16.1 Å². The van der Waals surface area contributed by atoms with Crippen molar-refractivity contribution in [3.8, 4) is 0 Å². The smallest absolute Gasteiger partial charge is 0.241 e. The number of hydrogen-bond donors (Lipinski definition) is 3. The average molecular weight is 348 g/mol. The van der Waals surface area contributed by atoms with E-state index < -0.39 is 0 Å². The number of anilines is 1. The summed E-state index contributed by atoms with van der Waals surface area (Å²) in [6.07, 6.45) is 6.58. The second-order valence-corrected chi connectivity index (χ2v) is 7.51. The fourth-order valence-corrected chi connectivity index (χ4v) is 4.09. The molecular weight excluding hydrogens is 320 g/mol. The number of aromatic nitrogens is 2. The third-order valence-electron chi connectivity index (χ3n) is 5.37. The molecule has 2 aliphatic carbocycles. The largest absolute Gasteiger partial charge is 0.353 e. The second kappa shape index (κ2) is 7.53. The highest BCUT2D eigenvalue weighted by Crippen LogP contribution is 2.47. The van der Waals surface area contributed by atoms with Gasteiger partial charge in [0, 0.05) is 25.3 Å². The lowest BCUT2D eigenvalue weighted by molar-refractivity contribution is -0.122. The van der Waals surface area contributed by atoms with Gasteiger partial charge in [0.05, 0.1) is 17.8 Å². The monoisotopic (exact) mass is 348 g/mol. The van der Waals surface area contributed by atoms with E-state index in [1.165, 1.54) is 4.68 Å². The van der Waals surface area contributed by atoms with Gasteiger partial charge in [0.25, 0.3) is 0 Å². The molecule has 8 nitrogen and oxygen atoms in total. The predicted molar refractivity (Wildman–Crippen MR) is 94.7 cm³/mol. The lowest BCUT2D eigenvalue weighted by Gasteiger charge is -2.26. The van der Waals surface area contributed by atoms with E-state index in [1.54, 1.807) is 12.4 Å². The first-order valence-electron chi connectivity index (χ1n) is 8.94. The number of likely N-dealkylation sites (N-methyl/N-ethyl adjacent to an activating group) is 1. The zero-order valence-electron chi connectivity index (χ0n) is 14.9. The molecule has 3 rings (SSSR count). The van der Waals surface area contributed by atoms with Crippen molar-refractivity contribution in [3.05, 3.63) is 12.4 Å². The summed E-state index contributed by atoms with van der Waals surface area (Å²) in [5.74, 6) is 0.691. The van der Waals surface area contributed by atoms with Crippen molar-refractivity contribution in [2.24, 2.45) is 23.5 Å². The minimum absolute atomic E-state index is 0.0188. The summed E-state index contributed by atoms with van der Waals surface area (Å²) in [6, 6.07) is -0.0312. The molecule has 1 aromatic heterocycles. The molecule has 0 spiro atoms. The van der Waals surface area contributed by atoms with Crippen LogP contribution in [-0.4, -0.2) is 59.7 Å². The first-order valence-corrected chi connectivity index (χ1v) is 8.94. The highest BCUT2D eigenvalue weighted by molar-refractivity contribution is 5.93. The van der Waals surface area contributed by atoms with Gasteiger partial charge >= 0.3 is 0 Å². The molecule has 0 aliphatic heterocycles. The summed E-state index contributed by atoms with van der Waals surface area (Å²) in [5.41, 5.74) is 6.83. The maximum atomic E-state index is 12.5. The molecule has 2 fully saturated rings. The topological polar surface area (TPSA) is 105 Å². The SMILES string of the molecule is CN(C)CCNC(=O)Cn1cc(NC(=O)C2C3CCC(C3)C2N)cn1. The fraction of sp³-hybridized carbons (Fsp3) is 0.706. The van der Waals surface area contributed by atoms with Crippen molar-refractivity contribution in [2.75, 3.05) is 32.5 Å². The fourth-order valence-electron chi connectivity index (χ4n) is 4.09. The Hall–Kier alpha value is -1.93. The van der Waals surface area contributed by atoms with Crippen LogP contribution in [0.4, 0.5) is 5.69 Å². The summed E-state index contributed by atoms with van der Waals surface area (Å²) in [6.45, 7) is 1.52. The normalized spacial score (nSPS) is 27.7. The molecule has 1 heterocycles. The van der Waals surface area contributed by atoms with Gasteiger partial charge in [-0.2, -0.15) is 5.10 Å². The lowest BCUT2D eigenvalue weighted by atomic mass is 9.84. The first-order chi connectivity index (χ1) is 11.9. The van der Waals surface area contributed by atoms with Crippen LogP contribution in [0, 0.1) is 17.8 Å². The van der Waals surface area contributed by atoms with Crippen molar-refractivity contribution in [3.63, 3.8) is 0 Å². The molecule has 2 aliphatic rings. The summed E-state index contributed by atoms with van der Waals surface area (Å²) < 4.78 is 1.53. The lowest BCUT2D eigenvalue weighted by Crippen LogP contribution is -2.42. The molecule has 4 N–H and O–H groups in total. The van der Waals surface area contributed by atoms with Crippen LogP contribution in [0.5, 0.6) is 0 Å². The number of nitrogens with two attached hydrogens (primary N) is 1. The minimum Gasteiger partial charge on any atom is -0.353 e. The summed E-state index contributed by atoms with van der Waals surface area (Å²) in [7, 11) is 3.91. The summed E-state index contributed by atoms with van der Waals surface area (Å²) in [4.78, 5) is 26.4. The van der Waals surface area contributed by atoms with Crippen molar-refractivity contribution >= 4 is 17.5 Å². The van der Waals surface area contributed by atoms with Crippen LogP contribution < -0.4 is 16.4 Å². The number of carbonyl (C=O) groups excluding carboxylic acids is 2.